The largest absolute Gasteiger partial charge is 0.309 e. The van der Waals surface area contributed by atoms with Gasteiger partial charge in [-0.05, 0) is 6.07 Å². The van der Waals surface area contributed by atoms with Gasteiger partial charge in [0.1, 0.15) is 12.4 Å². The van der Waals surface area contributed by atoms with E-state index in [0.717, 1.165) is 10.2 Å². The van der Waals surface area contributed by atoms with E-state index >= 15 is 0 Å². The van der Waals surface area contributed by atoms with Crippen LogP contribution in [0.2, 0.25) is 0 Å². The van der Waals surface area contributed by atoms with Crippen LogP contribution in [0.5, 0.6) is 0 Å². The smallest absolute Gasteiger partial charge is 0.267 e. The Kier molecular flexibility index (Phi) is 3.78. The Balaban J connectivity index is 1.81. The Morgan fingerprint density at radius 2 is 1.95 bits per heavy atom. The lowest BCUT2D eigenvalue weighted by Crippen LogP contribution is -2.29. The van der Waals surface area contributed by atoms with E-state index in [9.17, 15) is 9.59 Å². The van der Waals surface area contributed by atoms with Gasteiger partial charge in [0.2, 0.25) is 5.91 Å². The van der Waals surface area contributed by atoms with E-state index in [2.05, 4.69) is 20.6 Å². The molecule has 22 heavy (non-hydrogen) atoms. The second-order valence-electron chi connectivity index (χ2n) is 4.60. The van der Waals surface area contributed by atoms with Crippen molar-refractivity contribution in [2.24, 2.45) is 0 Å². The van der Waals surface area contributed by atoms with Gasteiger partial charge in [-0.2, -0.15) is 10.2 Å². The second-order valence-corrected chi connectivity index (χ2v) is 4.60. The summed E-state index contributed by atoms with van der Waals surface area (Å²) < 4.78 is 1.13. The van der Waals surface area contributed by atoms with Gasteiger partial charge in [0.25, 0.3) is 5.56 Å². The molecule has 0 fully saturated rings. The molecular weight excluding hydrogens is 282 g/mol. The molecule has 2 heterocycles. The van der Waals surface area contributed by atoms with Gasteiger partial charge in [0, 0.05) is 17.7 Å². The molecule has 0 aliphatic heterocycles. The van der Waals surface area contributed by atoms with Crippen LogP contribution in [-0.2, 0) is 11.3 Å². The standard InChI is InChI=1S/C15H13N5O2/c21-14(17-13-8-9-16-18-13)10-20-15(22)7-6-12(19-20)11-4-2-1-3-5-11/h1-9H,10H2,(H2,16,17,18,21). The van der Waals surface area contributed by atoms with Gasteiger partial charge in [0.15, 0.2) is 0 Å². The molecule has 7 nitrogen and oxygen atoms in total. The zero-order chi connectivity index (χ0) is 15.4. The summed E-state index contributed by atoms with van der Waals surface area (Å²) in [5, 5.41) is 13.2. The minimum Gasteiger partial charge on any atom is -0.309 e. The highest BCUT2D eigenvalue weighted by atomic mass is 16.2. The van der Waals surface area contributed by atoms with Gasteiger partial charge in [-0.15, -0.1) is 0 Å². The first kappa shape index (κ1) is 13.7. The van der Waals surface area contributed by atoms with Crippen LogP contribution < -0.4 is 10.9 Å². The van der Waals surface area contributed by atoms with E-state index in [1.54, 1.807) is 12.1 Å². The highest BCUT2D eigenvalue weighted by Crippen LogP contribution is 2.13. The van der Waals surface area contributed by atoms with Crippen molar-refractivity contribution in [2.75, 3.05) is 5.32 Å². The summed E-state index contributed by atoms with van der Waals surface area (Å²) in [6, 6.07) is 14.1. The molecule has 2 N–H and O–H groups in total. The number of aromatic amines is 1. The zero-order valence-electron chi connectivity index (χ0n) is 11.6. The zero-order valence-corrected chi connectivity index (χ0v) is 11.6. The molecule has 0 atom stereocenters. The molecule has 0 saturated carbocycles. The summed E-state index contributed by atoms with van der Waals surface area (Å²) in [7, 11) is 0. The quantitative estimate of drug-likeness (QED) is 0.758. The number of hydrogen-bond donors (Lipinski definition) is 2. The van der Waals surface area contributed by atoms with E-state index in [1.807, 2.05) is 30.3 Å². The third-order valence-electron chi connectivity index (χ3n) is 3.00. The third kappa shape index (κ3) is 3.09. The maximum Gasteiger partial charge on any atom is 0.267 e. The number of carbonyl (C=O) groups excluding carboxylic acids is 1. The van der Waals surface area contributed by atoms with Crippen molar-refractivity contribution >= 4 is 11.7 Å². The molecule has 3 aromatic rings. The van der Waals surface area contributed by atoms with E-state index in [4.69, 9.17) is 0 Å². The van der Waals surface area contributed by atoms with Crippen molar-refractivity contribution in [3.8, 4) is 11.3 Å². The number of carbonyl (C=O) groups is 1. The van der Waals surface area contributed by atoms with Gasteiger partial charge in [-0.3, -0.25) is 14.7 Å². The number of amides is 1. The topological polar surface area (TPSA) is 92.7 Å². The van der Waals surface area contributed by atoms with Crippen molar-refractivity contribution in [1.29, 1.82) is 0 Å². The maximum absolute atomic E-state index is 11.9. The number of nitrogens with one attached hydrogen (secondary N) is 2. The Bertz CT molecular complexity index is 825. The summed E-state index contributed by atoms with van der Waals surface area (Å²) in [6.45, 7) is -0.168. The van der Waals surface area contributed by atoms with Crippen molar-refractivity contribution in [3.63, 3.8) is 0 Å². The lowest BCUT2D eigenvalue weighted by Gasteiger charge is -2.07. The van der Waals surface area contributed by atoms with Crippen LogP contribution in [-0.4, -0.2) is 25.9 Å². The summed E-state index contributed by atoms with van der Waals surface area (Å²) in [4.78, 5) is 23.8. The fraction of sp³-hybridized carbons (Fsp3) is 0.0667. The molecule has 1 aromatic carbocycles. The normalized spacial score (nSPS) is 10.4. The molecule has 0 saturated heterocycles. The van der Waals surface area contributed by atoms with Crippen molar-refractivity contribution in [2.45, 2.75) is 6.54 Å². The monoisotopic (exact) mass is 295 g/mol. The number of anilines is 1. The lowest BCUT2D eigenvalue weighted by molar-refractivity contribution is -0.117. The lowest BCUT2D eigenvalue weighted by atomic mass is 10.1. The first-order valence-corrected chi connectivity index (χ1v) is 6.65. The maximum atomic E-state index is 11.9. The fourth-order valence-corrected chi connectivity index (χ4v) is 1.98. The number of H-pyrrole nitrogens is 1. The molecule has 0 spiro atoms. The van der Waals surface area contributed by atoms with Crippen LogP contribution >= 0.6 is 0 Å². The summed E-state index contributed by atoms with van der Waals surface area (Å²) in [6.07, 6.45) is 1.52. The van der Waals surface area contributed by atoms with Gasteiger partial charge in [0.05, 0.1) is 11.9 Å². The number of benzene rings is 1. The molecule has 3 rings (SSSR count). The fourth-order valence-electron chi connectivity index (χ4n) is 1.98. The predicted molar refractivity (Wildman–Crippen MR) is 81.2 cm³/mol. The minimum atomic E-state index is -0.357. The molecule has 110 valence electrons. The molecular formula is C15H13N5O2. The Hall–Kier alpha value is -3.22. The molecule has 0 bridgehead atoms. The van der Waals surface area contributed by atoms with Crippen LogP contribution in [0.15, 0.2) is 59.5 Å². The molecule has 0 unspecified atom stereocenters. The average Bonchev–Trinajstić information content (AvgIpc) is 3.03. The van der Waals surface area contributed by atoms with Gasteiger partial charge >= 0.3 is 0 Å². The Morgan fingerprint density at radius 1 is 1.14 bits per heavy atom. The number of rotatable bonds is 4. The SMILES string of the molecule is O=C(Cn1nc(-c2ccccc2)ccc1=O)Nc1ccn[nH]1. The van der Waals surface area contributed by atoms with Crippen LogP contribution in [0.3, 0.4) is 0 Å². The summed E-state index contributed by atoms with van der Waals surface area (Å²) in [5.41, 5.74) is 1.18. The molecule has 1 amide bonds. The average molecular weight is 295 g/mol. The summed E-state index contributed by atoms with van der Waals surface area (Å²) >= 11 is 0. The van der Waals surface area contributed by atoms with Crippen molar-refractivity contribution in [1.82, 2.24) is 20.0 Å². The van der Waals surface area contributed by atoms with Crippen LogP contribution in [0, 0.1) is 0 Å². The van der Waals surface area contributed by atoms with E-state index in [1.165, 1.54) is 12.3 Å². The van der Waals surface area contributed by atoms with E-state index in [0.29, 0.717) is 11.5 Å². The molecule has 7 heteroatoms. The Labute approximate surface area is 125 Å². The van der Waals surface area contributed by atoms with E-state index in [-0.39, 0.29) is 18.0 Å². The summed E-state index contributed by atoms with van der Waals surface area (Å²) in [5.74, 6) is 0.112. The van der Waals surface area contributed by atoms with E-state index < -0.39 is 0 Å². The minimum absolute atomic E-state index is 0.168. The van der Waals surface area contributed by atoms with Crippen LogP contribution in [0.25, 0.3) is 11.3 Å². The first-order chi connectivity index (χ1) is 10.7. The highest BCUT2D eigenvalue weighted by Gasteiger charge is 2.08. The van der Waals surface area contributed by atoms with Gasteiger partial charge in [-0.1, -0.05) is 30.3 Å². The predicted octanol–water partition coefficient (Wildman–Crippen LogP) is 1.27. The van der Waals surface area contributed by atoms with Crippen molar-refractivity contribution in [3.05, 3.63) is 65.1 Å². The Morgan fingerprint density at radius 3 is 2.68 bits per heavy atom. The molecule has 0 aliphatic rings. The third-order valence-corrected chi connectivity index (χ3v) is 3.00. The number of aromatic nitrogens is 4. The molecule has 0 radical (unpaired) electrons. The van der Waals surface area contributed by atoms with Gasteiger partial charge in [-0.25, -0.2) is 4.68 Å². The molecule has 0 aliphatic carbocycles. The van der Waals surface area contributed by atoms with Crippen molar-refractivity contribution < 1.29 is 4.79 Å². The van der Waals surface area contributed by atoms with Gasteiger partial charge < -0.3 is 5.32 Å². The highest BCUT2D eigenvalue weighted by molar-refractivity contribution is 5.89. The molecule has 2 aromatic heterocycles. The number of hydrogen-bond acceptors (Lipinski definition) is 4. The first-order valence-electron chi connectivity index (χ1n) is 6.65. The number of nitrogens with zero attached hydrogens (tertiary/aromatic N) is 3. The van der Waals surface area contributed by atoms with Crippen LogP contribution in [0.1, 0.15) is 0 Å². The second kappa shape index (κ2) is 6.04. The van der Waals surface area contributed by atoms with Crippen LogP contribution in [0.4, 0.5) is 5.82 Å².